The molecule has 0 bridgehead atoms. The molecule has 1 aromatic carbocycles. The number of likely N-dealkylation sites (N-methyl/N-ethyl adjacent to an activating group) is 1. The van der Waals surface area contributed by atoms with E-state index in [1.165, 1.54) is 0 Å². The monoisotopic (exact) mass is 337 g/mol. The Bertz CT molecular complexity index is 579. The Hall–Kier alpha value is -1.59. The van der Waals surface area contributed by atoms with Crippen LogP contribution in [0.1, 0.15) is 24.8 Å². The van der Waals surface area contributed by atoms with E-state index in [4.69, 9.17) is 0 Å². The van der Waals surface area contributed by atoms with Gasteiger partial charge in [0, 0.05) is 31.2 Å². The summed E-state index contributed by atoms with van der Waals surface area (Å²) < 4.78 is 0. The number of hydrogen-bond donors (Lipinski definition) is 1. The summed E-state index contributed by atoms with van der Waals surface area (Å²) in [4.78, 5) is 28.4. The molecule has 1 atom stereocenters. The molecule has 3 rings (SSSR count). The molecule has 1 aromatic rings. The average molecular weight is 338 g/mol. The molecule has 0 aliphatic carbocycles. The van der Waals surface area contributed by atoms with Crippen molar-refractivity contribution in [2.45, 2.75) is 31.7 Å². The van der Waals surface area contributed by atoms with Gasteiger partial charge >= 0.3 is 0 Å². The van der Waals surface area contributed by atoms with Gasteiger partial charge in [-0.15, -0.1) is 12.4 Å². The molecule has 126 valence electrons. The summed E-state index contributed by atoms with van der Waals surface area (Å²) >= 11 is 0. The van der Waals surface area contributed by atoms with Gasteiger partial charge in [-0.3, -0.25) is 9.59 Å². The van der Waals surface area contributed by atoms with Crippen LogP contribution in [-0.4, -0.2) is 49.4 Å². The van der Waals surface area contributed by atoms with Gasteiger partial charge in [0.2, 0.25) is 11.8 Å². The third kappa shape index (κ3) is 3.85. The highest BCUT2D eigenvalue weighted by molar-refractivity contribution is 6.01. The van der Waals surface area contributed by atoms with Crippen molar-refractivity contribution in [3.63, 3.8) is 0 Å². The minimum Gasteiger partial charge on any atom is -0.340 e. The molecule has 2 amide bonds. The number of hydrogen-bond acceptors (Lipinski definition) is 3. The van der Waals surface area contributed by atoms with Crippen molar-refractivity contribution in [3.8, 4) is 0 Å². The van der Waals surface area contributed by atoms with E-state index >= 15 is 0 Å². The predicted octanol–water partition coefficient (Wildman–Crippen LogP) is 1.60. The second-order valence-electron chi connectivity index (χ2n) is 6.08. The van der Waals surface area contributed by atoms with E-state index in [2.05, 4.69) is 5.32 Å². The number of anilines is 1. The summed E-state index contributed by atoms with van der Waals surface area (Å²) in [6, 6.07) is 8.25. The highest BCUT2D eigenvalue weighted by atomic mass is 35.5. The smallest absolute Gasteiger partial charge is 0.242 e. The second kappa shape index (κ2) is 7.79. The number of carbonyl (C=O) groups excluding carboxylic acids is 2. The molecule has 1 saturated heterocycles. The van der Waals surface area contributed by atoms with Crippen molar-refractivity contribution in [3.05, 3.63) is 29.8 Å². The molecule has 0 aromatic heterocycles. The first kappa shape index (κ1) is 17.8. The number of fused-ring (bicyclic) bond motifs is 1. The second-order valence-corrected chi connectivity index (χ2v) is 6.08. The van der Waals surface area contributed by atoms with Crippen molar-refractivity contribution in [1.82, 2.24) is 10.2 Å². The van der Waals surface area contributed by atoms with Crippen LogP contribution in [0.4, 0.5) is 5.69 Å². The number of halogens is 1. The maximum Gasteiger partial charge on any atom is 0.242 e. The summed E-state index contributed by atoms with van der Waals surface area (Å²) in [5.41, 5.74) is 2.05. The van der Waals surface area contributed by atoms with Gasteiger partial charge in [-0.2, -0.15) is 0 Å². The maximum atomic E-state index is 12.6. The Labute approximate surface area is 143 Å². The zero-order chi connectivity index (χ0) is 15.5. The molecular formula is C17H24ClN3O2. The summed E-state index contributed by atoms with van der Waals surface area (Å²) in [6.45, 7) is 1.69. The van der Waals surface area contributed by atoms with Gasteiger partial charge in [-0.25, -0.2) is 0 Å². The van der Waals surface area contributed by atoms with Crippen molar-refractivity contribution in [2.24, 2.45) is 0 Å². The minimum atomic E-state index is 0. The number of rotatable bonds is 3. The lowest BCUT2D eigenvalue weighted by Gasteiger charge is -2.35. The first-order valence-electron chi connectivity index (χ1n) is 8.02. The molecule has 1 N–H and O–H groups in total. The first-order valence-corrected chi connectivity index (χ1v) is 8.02. The molecule has 2 aliphatic rings. The van der Waals surface area contributed by atoms with Crippen LogP contribution in [0.3, 0.4) is 0 Å². The fourth-order valence-corrected chi connectivity index (χ4v) is 3.34. The molecule has 5 nitrogen and oxygen atoms in total. The lowest BCUT2D eigenvalue weighted by atomic mass is 10.0. The van der Waals surface area contributed by atoms with Crippen LogP contribution in [0.5, 0.6) is 0 Å². The highest BCUT2D eigenvalue weighted by Gasteiger charge is 2.29. The van der Waals surface area contributed by atoms with Crippen molar-refractivity contribution < 1.29 is 9.59 Å². The largest absolute Gasteiger partial charge is 0.340 e. The highest BCUT2D eigenvalue weighted by Crippen LogP contribution is 2.27. The summed E-state index contributed by atoms with van der Waals surface area (Å²) in [5, 5.41) is 3.24. The first-order chi connectivity index (χ1) is 10.7. The average Bonchev–Trinajstić information content (AvgIpc) is 2.57. The summed E-state index contributed by atoms with van der Waals surface area (Å²) in [6.07, 6.45) is 3.38. The fourth-order valence-electron chi connectivity index (χ4n) is 3.34. The molecule has 0 spiro atoms. The Kier molecular flexibility index (Phi) is 6.02. The quantitative estimate of drug-likeness (QED) is 0.911. The number of benzene rings is 1. The van der Waals surface area contributed by atoms with Gasteiger partial charge in [0.15, 0.2) is 0 Å². The molecule has 0 radical (unpaired) electrons. The van der Waals surface area contributed by atoms with E-state index in [0.29, 0.717) is 12.5 Å². The van der Waals surface area contributed by atoms with E-state index in [9.17, 15) is 9.59 Å². The lowest BCUT2D eigenvalue weighted by molar-refractivity contribution is -0.132. The molecule has 2 aliphatic heterocycles. The molecular weight excluding hydrogens is 314 g/mol. The van der Waals surface area contributed by atoms with Gasteiger partial charge in [0.25, 0.3) is 0 Å². The van der Waals surface area contributed by atoms with Gasteiger partial charge < -0.3 is 15.1 Å². The van der Waals surface area contributed by atoms with E-state index < -0.39 is 0 Å². The molecule has 1 fully saturated rings. The Morgan fingerprint density at radius 3 is 2.87 bits per heavy atom. The fraction of sp³-hybridized carbons (Fsp3) is 0.529. The molecule has 23 heavy (non-hydrogen) atoms. The number of piperidine rings is 1. The molecule has 1 unspecified atom stereocenters. The van der Waals surface area contributed by atoms with E-state index in [1.807, 2.05) is 36.2 Å². The number of amides is 2. The molecule has 0 saturated carbocycles. The van der Waals surface area contributed by atoms with E-state index in [-0.39, 0.29) is 30.8 Å². The lowest BCUT2D eigenvalue weighted by Crippen LogP contribution is -2.51. The number of nitrogens with zero attached hydrogens (tertiary/aromatic N) is 2. The van der Waals surface area contributed by atoms with Crippen LogP contribution in [0, 0.1) is 0 Å². The number of para-hydroxylation sites is 1. The van der Waals surface area contributed by atoms with Crippen LogP contribution < -0.4 is 10.2 Å². The van der Waals surface area contributed by atoms with Crippen molar-refractivity contribution in [1.29, 1.82) is 0 Å². The topological polar surface area (TPSA) is 52.7 Å². The SMILES string of the molecule is CNC1CCCN(C(=O)CN2C(=O)CCc3ccccc32)C1.Cl. The normalized spacial score (nSPS) is 20.7. The third-order valence-corrected chi connectivity index (χ3v) is 4.67. The summed E-state index contributed by atoms with van der Waals surface area (Å²) in [5.74, 6) is 0.0965. The maximum absolute atomic E-state index is 12.6. The zero-order valence-corrected chi connectivity index (χ0v) is 14.3. The van der Waals surface area contributed by atoms with Crippen LogP contribution in [0.15, 0.2) is 24.3 Å². The standard InChI is InChI=1S/C17H23N3O2.ClH/c1-18-14-6-4-10-19(11-14)17(22)12-20-15-7-3-2-5-13(15)8-9-16(20)21;/h2-3,5,7,14,18H,4,6,8-12H2,1H3;1H. The Morgan fingerprint density at radius 1 is 1.30 bits per heavy atom. The third-order valence-electron chi connectivity index (χ3n) is 4.67. The minimum absolute atomic E-state index is 0. The predicted molar refractivity (Wildman–Crippen MR) is 93.0 cm³/mol. The van der Waals surface area contributed by atoms with Crippen LogP contribution in [0.25, 0.3) is 0 Å². The van der Waals surface area contributed by atoms with Crippen molar-refractivity contribution >= 4 is 29.9 Å². The number of aryl methyl sites for hydroxylation is 1. The molecule has 2 heterocycles. The van der Waals surface area contributed by atoms with Crippen LogP contribution in [-0.2, 0) is 16.0 Å². The van der Waals surface area contributed by atoms with E-state index in [1.54, 1.807) is 4.90 Å². The van der Waals surface area contributed by atoms with Crippen molar-refractivity contribution in [2.75, 3.05) is 31.6 Å². The van der Waals surface area contributed by atoms with Gasteiger partial charge in [-0.05, 0) is 37.9 Å². The Morgan fingerprint density at radius 2 is 2.09 bits per heavy atom. The zero-order valence-electron chi connectivity index (χ0n) is 13.5. The van der Waals surface area contributed by atoms with Crippen LogP contribution >= 0.6 is 12.4 Å². The van der Waals surface area contributed by atoms with Crippen LogP contribution in [0.2, 0.25) is 0 Å². The van der Waals surface area contributed by atoms with Gasteiger partial charge in [0.1, 0.15) is 6.54 Å². The van der Waals surface area contributed by atoms with E-state index in [0.717, 1.165) is 43.6 Å². The van der Waals surface area contributed by atoms with Gasteiger partial charge in [-0.1, -0.05) is 18.2 Å². The molecule has 6 heteroatoms. The van der Waals surface area contributed by atoms with Gasteiger partial charge in [0.05, 0.1) is 0 Å². The number of nitrogens with one attached hydrogen (secondary N) is 1. The number of carbonyl (C=O) groups is 2. The summed E-state index contributed by atoms with van der Waals surface area (Å²) in [7, 11) is 1.93. The number of likely N-dealkylation sites (tertiary alicyclic amines) is 1. The Balaban J connectivity index is 0.00000192.